The Kier molecular flexibility index (Phi) is 4.12. The first-order valence-corrected chi connectivity index (χ1v) is 12.0. The molecule has 0 radical (unpaired) electrons. The summed E-state index contributed by atoms with van der Waals surface area (Å²) >= 11 is 0. The van der Waals surface area contributed by atoms with Gasteiger partial charge in [-0.3, -0.25) is 0 Å². The standard InChI is InChI=1S/C12H22O2Si2/c1-15(2,13)9-11-6-5-7-12(8-11)10-16(3,4)14/h5-8,13-14H,9-10H2,1-4H3. The minimum atomic E-state index is -2.03. The van der Waals surface area contributed by atoms with Crippen LogP contribution >= 0.6 is 0 Å². The molecular formula is C12H22O2Si2. The smallest absolute Gasteiger partial charge is 0.186 e. The molecule has 0 aliphatic rings. The predicted octanol–water partition coefficient (Wildman–Crippen LogP) is 2.24. The van der Waals surface area contributed by atoms with E-state index in [9.17, 15) is 9.59 Å². The molecule has 0 bridgehead atoms. The van der Waals surface area contributed by atoms with Crippen molar-refractivity contribution >= 4 is 16.6 Å². The van der Waals surface area contributed by atoms with Gasteiger partial charge in [-0.05, 0) is 49.4 Å². The second-order valence-electron chi connectivity index (χ2n) is 5.80. The number of rotatable bonds is 4. The van der Waals surface area contributed by atoms with E-state index in [0.29, 0.717) is 0 Å². The van der Waals surface area contributed by atoms with Crippen molar-refractivity contribution in [1.82, 2.24) is 0 Å². The van der Waals surface area contributed by atoms with Gasteiger partial charge in [0.1, 0.15) is 0 Å². The van der Waals surface area contributed by atoms with Crippen LogP contribution in [0.5, 0.6) is 0 Å². The Bertz CT molecular complexity index is 320. The molecule has 0 aliphatic carbocycles. The molecule has 0 saturated carbocycles. The van der Waals surface area contributed by atoms with E-state index >= 15 is 0 Å². The molecule has 2 N–H and O–H groups in total. The van der Waals surface area contributed by atoms with Crippen LogP contribution in [0.2, 0.25) is 26.2 Å². The number of benzene rings is 1. The van der Waals surface area contributed by atoms with Crippen molar-refractivity contribution in [2.24, 2.45) is 0 Å². The van der Waals surface area contributed by atoms with E-state index in [1.165, 1.54) is 11.1 Å². The number of hydrogen-bond donors (Lipinski definition) is 2. The van der Waals surface area contributed by atoms with Gasteiger partial charge in [0.2, 0.25) is 0 Å². The second-order valence-corrected chi connectivity index (χ2v) is 13.8. The molecule has 1 rings (SSSR count). The summed E-state index contributed by atoms with van der Waals surface area (Å²) < 4.78 is 0. The first kappa shape index (κ1) is 13.6. The Balaban J connectivity index is 2.79. The molecule has 0 heterocycles. The molecule has 0 amide bonds. The van der Waals surface area contributed by atoms with Gasteiger partial charge < -0.3 is 9.59 Å². The fourth-order valence-electron chi connectivity index (χ4n) is 1.85. The molecule has 0 aromatic heterocycles. The Morgan fingerprint density at radius 1 is 0.875 bits per heavy atom. The van der Waals surface area contributed by atoms with Crippen molar-refractivity contribution in [3.8, 4) is 0 Å². The molecule has 4 heteroatoms. The maximum Gasteiger partial charge on any atom is 0.186 e. The molecule has 0 aliphatic heterocycles. The third kappa shape index (κ3) is 5.60. The maximum atomic E-state index is 9.89. The highest BCUT2D eigenvalue weighted by Crippen LogP contribution is 2.14. The van der Waals surface area contributed by atoms with Gasteiger partial charge in [0.15, 0.2) is 16.6 Å². The minimum absolute atomic E-state index is 0.786. The quantitative estimate of drug-likeness (QED) is 0.809. The lowest BCUT2D eigenvalue weighted by Gasteiger charge is -2.17. The average Bonchev–Trinajstić information content (AvgIpc) is 1.96. The minimum Gasteiger partial charge on any atom is -0.432 e. The largest absolute Gasteiger partial charge is 0.432 e. The lowest BCUT2D eigenvalue weighted by molar-refractivity contribution is 0.548. The van der Waals surface area contributed by atoms with E-state index in [0.717, 1.165) is 12.1 Å². The third-order valence-corrected chi connectivity index (χ3v) is 4.81. The lowest BCUT2D eigenvalue weighted by atomic mass is 10.2. The summed E-state index contributed by atoms with van der Waals surface area (Å²) in [7, 11) is -4.06. The molecular weight excluding hydrogens is 232 g/mol. The lowest BCUT2D eigenvalue weighted by Crippen LogP contribution is -2.30. The van der Waals surface area contributed by atoms with Crippen LogP contribution in [-0.4, -0.2) is 26.2 Å². The van der Waals surface area contributed by atoms with Crippen molar-refractivity contribution in [2.45, 2.75) is 38.3 Å². The molecule has 0 unspecified atom stereocenters. The summed E-state index contributed by atoms with van der Waals surface area (Å²) in [5, 5.41) is 0. The van der Waals surface area contributed by atoms with Crippen LogP contribution in [0.3, 0.4) is 0 Å². The van der Waals surface area contributed by atoms with Crippen LogP contribution in [0, 0.1) is 0 Å². The van der Waals surface area contributed by atoms with Gasteiger partial charge in [0.05, 0.1) is 0 Å². The normalized spacial score (nSPS) is 12.9. The van der Waals surface area contributed by atoms with E-state index in [-0.39, 0.29) is 0 Å². The third-order valence-electron chi connectivity index (χ3n) is 2.26. The molecule has 16 heavy (non-hydrogen) atoms. The fourth-order valence-corrected chi connectivity index (χ4v) is 4.29. The fraction of sp³-hybridized carbons (Fsp3) is 0.500. The van der Waals surface area contributed by atoms with Gasteiger partial charge in [-0.25, -0.2) is 0 Å². The van der Waals surface area contributed by atoms with E-state index < -0.39 is 16.6 Å². The molecule has 0 saturated heterocycles. The molecule has 0 fully saturated rings. The monoisotopic (exact) mass is 254 g/mol. The molecule has 1 aromatic carbocycles. The Morgan fingerprint density at radius 2 is 1.25 bits per heavy atom. The Morgan fingerprint density at radius 3 is 1.56 bits per heavy atom. The van der Waals surface area contributed by atoms with Gasteiger partial charge in [0.25, 0.3) is 0 Å². The van der Waals surface area contributed by atoms with E-state index in [4.69, 9.17) is 0 Å². The molecule has 0 atom stereocenters. The van der Waals surface area contributed by atoms with Gasteiger partial charge in [-0.2, -0.15) is 0 Å². The van der Waals surface area contributed by atoms with Crippen molar-refractivity contribution in [1.29, 1.82) is 0 Å². The maximum absolute atomic E-state index is 9.89. The van der Waals surface area contributed by atoms with Crippen LogP contribution in [0.1, 0.15) is 11.1 Å². The summed E-state index contributed by atoms with van der Waals surface area (Å²) in [6.07, 6.45) is 0. The van der Waals surface area contributed by atoms with Gasteiger partial charge in [-0.15, -0.1) is 0 Å². The predicted molar refractivity (Wildman–Crippen MR) is 73.3 cm³/mol. The zero-order chi connectivity index (χ0) is 12.4. The SMILES string of the molecule is C[Si](C)(O)Cc1cccc(C[Si](C)(C)O)c1. The van der Waals surface area contributed by atoms with E-state index in [1.807, 2.05) is 32.3 Å². The van der Waals surface area contributed by atoms with Crippen LogP contribution in [0.25, 0.3) is 0 Å². The summed E-state index contributed by atoms with van der Waals surface area (Å²) in [5.74, 6) is 0. The average molecular weight is 254 g/mol. The molecule has 90 valence electrons. The Hall–Kier alpha value is -0.426. The number of hydrogen-bond acceptors (Lipinski definition) is 2. The summed E-state index contributed by atoms with van der Waals surface area (Å²) in [5.41, 5.74) is 2.38. The van der Waals surface area contributed by atoms with Gasteiger partial charge in [0, 0.05) is 0 Å². The summed E-state index contributed by atoms with van der Waals surface area (Å²) in [6, 6.07) is 9.82. The second kappa shape index (κ2) is 4.83. The highest BCUT2D eigenvalue weighted by atomic mass is 28.4. The van der Waals surface area contributed by atoms with E-state index in [1.54, 1.807) is 0 Å². The van der Waals surface area contributed by atoms with Crippen LogP contribution < -0.4 is 0 Å². The van der Waals surface area contributed by atoms with Crippen molar-refractivity contribution in [2.75, 3.05) is 0 Å². The molecule has 2 nitrogen and oxygen atoms in total. The van der Waals surface area contributed by atoms with Gasteiger partial charge >= 0.3 is 0 Å². The van der Waals surface area contributed by atoms with E-state index in [2.05, 4.69) is 18.2 Å². The Labute approximate surface area is 100 Å². The van der Waals surface area contributed by atoms with Crippen molar-refractivity contribution in [3.05, 3.63) is 35.4 Å². The summed E-state index contributed by atoms with van der Waals surface area (Å²) in [4.78, 5) is 19.8. The highest BCUT2D eigenvalue weighted by Gasteiger charge is 2.20. The highest BCUT2D eigenvalue weighted by molar-refractivity contribution is 6.69. The van der Waals surface area contributed by atoms with Gasteiger partial charge in [-0.1, -0.05) is 24.3 Å². The molecule has 1 aromatic rings. The van der Waals surface area contributed by atoms with Crippen LogP contribution in [0.4, 0.5) is 0 Å². The van der Waals surface area contributed by atoms with Crippen molar-refractivity contribution < 1.29 is 9.59 Å². The van der Waals surface area contributed by atoms with Crippen LogP contribution in [0.15, 0.2) is 24.3 Å². The topological polar surface area (TPSA) is 40.5 Å². The molecule has 0 spiro atoms. The zero-order valence-electron chi connectivity index (χ0n) is 10.6. The first-order valence-electron chi connectivity index (χ1n) is 5.68. The first-order chi connectivity index (χ1) is 7.16. The summed E-state index contributed by atoms with van der Waals surface area (Å²) in [6.45, 7) is 7.80. The zero-order valence-corrected chi connectivity index (χ0v) is 12.6. The van der Waals surface area contributed by atoms with Crippen LogP contribution in [-0.2, 0) is 12.1 Å². The van der Waals surface area contributed by atoms with Crippen molar-refractivity contribution in [3.63, 3.8) is 0 Å².